The number of hydrogen-bond donors (Lipinski definition) is 2. The van der Waals surface area contributed by atoms with Crippen LogP contribution in [0.25, 0.3) is 0 Å². The van der Waals surface area contributed by atoms with Crippen LogP contribution in [-0.2, 0) is 9.84 Å². The molecule has 4 nitrogen and oxygen atoms in total. The SMILES string of the molecule is Cc1cc(NC2(CO)CCCC2)ccc1S(C)(=O)=O. The summed E-state index contributed by atoms with van der Waals surface area (Å²) >= 11 is 0. The minimum Gasteiger partial charge on any atom is -0.394 e. The fourth-order valence-electron chi connectivity index (χ4n) is 2.82. The highest BCUT2D eigenvalue weighted by atomic mass is 32.2. The molecule has 1 aliphatic rings. The van der Waals surface area contributed by atoms with Crippen LogP contribution < -0.4 is 5.32 Å². The number of aliphatic hydroxyl groups excluding tert-OH is 1. The molecule has 0 atom stereocenters. The molecule has 0 unspecified atom stereocenters. The zero-order valence-corrected chi connectivity index (χ0v) is 12.3. The second-order valence-corrected chi connectivity index (χ2v) is 7.51. The minimum atomic E-state index is -3.18. The standard InChI is InChI=1S/C14H21NO3S/c1-11-9-12(5-6-13(11)19(2,17)18)15-14(10-16)7-3-4-8-14/h5-6,9,15-16H,3-4,7-8,10H2,1-2H3. The largest absolute Gasteiger partial charge is 0.394 e. The van der Waals surface area contributed by atoms with E-state index in [-0.39, 0.29) is 12.1 Å². The third-order valence-electron chi connectivity index (χ3n) is 3.85. The van der Waals surface area contributed by atoms with Gasteiger partial charge in [0.25, 0.3) is 0 Å². The lowest BCUT2D eigenvalue weighted by atomic mass is 9.98. The highest BCUT2D eigenvalue weighted by Crippen LogP contribution is 2.33. The molecule has 0 radical (unpaired) electrons. The van der Waals surface area contributed by atoms with Crippen LogP contribution in [0.4, 0.5) is 5.69 Å². The number of aliphatic hydroxyl groups is 1. The van der Waals surface area contributed by atoms with Crippen LogP contribution in [0.15, 0.2) is 23.1 Å². The van der Waals surface area contributed by atoms with E-state index in [1.807, 2.05) is 6.07 Å². The molecular formula is C14H21NO3S. The number of sulfone groups is 1. The summed E-state index contributed by atoms with van der Waals surface area (Å²) in [7, 11) is -3.18. The monoisotopic (exact) mass is 283 g/mol. The van der Waals surface area contributed by atoms with Gasteiger partial charge < -0.3 is 10.4 Å². The Hall–Kier alpha value is -1.07. The van der Waals surface area contributed by atoms with Gasteiger partial charge in [-0.15, -0.1) is 0 Å². The summed E-state index contributed by atoms with van der Waals surface area (Å²) < 4.78 is 23.1. The lowest BCUT2D eigenvalue weighted by Crippen LogP contribution is -2.39. The number of nitrogens with one attached hydrogen (secondary N) is 1. The summed E-state index contributed by atoms with van der Waals surface area (Å²) in [6, 6.07) is 5.25. The second-order valence-electron chi connectivity index (χ2n) is 5.52. The average Bonchev–Trinajstić information content (AvgIpc) is 2.76. The number of aryl methyl sites for hydroxylation is 1. The normalized spacial score (nSPS) is 18.5. The summed E-state index contributed by atoms with van der Waals surface area (Å²) in [5, 5.41) is 13.0. The zero-order valence-electron chi connectivity index (χ0n) is 11.4. The maximum Gasteiger partial charge on any atom is 0.175 e. The Morgan fingerprint density at radius 1 is 1.32 bits per heavy atom. The third-order valence-corrected chi connectivity index (χ3v) is 5.10. The first kappa shape index (κ1) is 14.3. The van der Waals surface area contributed by atoms with Crippen LogP contribution >= 0.6 is 0 Å². The summed E-state index contributed by atoms with van der Waals surface area (Å²) in [6.07, 6.45) is 5.36. The lowest BCUT2D eigenvalue weighted by Gasteiger charge is -2.29. The summed E-state index contributed by atoms with van der Waals surface area (Å²) in [5.74, 6) is 0. The Labute approximate surface area is 114 Å². The molecule has 1 aromatic rings. The number of benzene rings is 1. The maximum atomic E-state index is 11.6. The van der Waals surface area contributed by atoms with Gasteiger partial charge in [-0.2, -0.15) is 0 Å². The highest BCUT2D eigenvalue weighted by Gasteiger charge is 2.33. The lowest BCUT2D eigenvalue weighted by molar-refractivity contribution is 0.214. The van der Waals surface area contributed by atoms with E-state index in [1.54, 1.807) is 19.1 Å². The molecule has 106 valence electrons. The van der Waals surface area contributed by atoms with Gasteiger partial charge in [0.05, 0.1) is 17.0 Å². The fraction of sp³-hybridized carbons (Fsp3) is 0.571. The van der Waals surface area contributed by atoms with E-state index in [1.165, 1.54) is 6.26 Å². The molecule has 1 aliphatic carbocycles. The summed E-state index contributed by atoms with van der Waals surface area (Å²) in [6.45, 7) is 1.90. The van der Waals surface area contributed by atoms with Crippen molar-refractivity contribution in [2.45, 2.75) is 43.0 Å². The third kappa shape index (κ3) is 3.09. The predicted octanol–water partition coefficient (Wildman–Crippen LogP) is 2.12. The number of rotatable bonds is 4. The zero-order chi connectivity index (χ0) is 14.1. The van der Waals surface area contributed by atoms with Crippen LogP contribution in [0, 0.1) is 6.92 Å². The molecule has 1 aromatic carbocycles. The van der Waals surface area contributed by atoms with Crippen LogP contribution in [0.2, 0.25) is 0 Å². The smallest absolute Gasteiger partial charge is 0.175 e. The first-order valence-electron chi connectivity index (χ1n) is 6.56. The Kier molecular flexibility index (Phi) is 3.87. The maximum absolute atomic E-state index is 11.6. The molecule has 1 fully saturated rings. The van der Waals surface area contributed by atoms with E-state index >= 15 is 0 Å². The summed E-state index contributed by atoms with van der Waals surface area (Å²) in [4.78, 5) is 0.363. The van der Waals surface area contributed by atoms with E-state index in [9.17, 15) is 13.5 Å². The van der Waals surface area contributed by atoms with E-state index < -0.39 is 9.84 Å². The van der Waals surface area contributed by atoms with Gasteiger partial charge in [0.2, 0.25) is 0 Å². The quantitative estimate of drug-likeness (QED) is 0.888. The van der Waals surface area contributed by atoms with Crippen molar-refractivity contribution in [2.24, 2.45) is 0 Å². The van der Waals surface area contributed by atoms with Crippen molar-refractivity contribution in [1.29, 1.82) is 0 Å². The van der Waals surface area contributed by atoms with E-state index in [2.05, 4.69) is 5.32 Å². The second kappa shape index (κ2) is 5.13. The Morgan fingerprint density at radius 2 is 1.95 bits per heavy atom. The van der Waals surface area contributed by atoms with E-state index in [0.29, 0.717) is 4.90 Å². The molecule has 0 aliphatic heterocycles. The van der Waals surface area contributed by atoms with Crippen LogP contribution in [0.3, 0.4) is 0 Å². The van der Waals surface area contributed by atoms with Gasteiger partial charge in [-0.1, -0.05) is 12.8 Å². The van der Waals surface area contributed by atoms with E-state index in [4.69, 9.17) is 0 Å². The Morgan fingerprint density at radius 3 is 2.42 bits per heavy atom. The minimum absolute atomic E-state index is 0.111. The first-order valence-corrected chi connectivity index (χ1v) is 8.45. The van der Waals surface area contributed by atoms with Gasteiger partial charge in [0, 0.05) is 11.9 Å². The summed E-state index contributed by atoms with van der Waals surface area (Å²) in [5.41, 5.74) is 1.37. The van der Waals surface area contributed by atoms with Gasteiger partial charge in [-0.05, 0) is 43.5 Å². The van der Waals surface area contributed by atoms with Crippen LogP contribution in [0.1, 0.15) is 31.2 Å². The predicted molar refractivity (Wildman–Crippen MR) is 76.2 cm³/mol. The molecule has 0 spiro atoms. The van der Waals surface area contributed by atoms with Crippen molar-refractivity contribution >= 4 is 15.5 Å². The fourth-order valence-corrected chi connectivity index (χ4v) is 3.78. The first-order chi connectivity index (χ1) is 8.86. The topological polar surface area (TPSA) is 66.4 Å². The Balaban J connectivity index is 2.26. The number of hydrogen-bond acceptors (Lipinski definition) is 4. The molecule has 0 amide bonds. The van der Waals surface area contributed by atoms with Crippen LogP contribution in [0.5, 0.6) is 0 Å². The molecule has 1 saturated carbocycles. The average molecular weight is 283 g/mol. The van der Waals surface area contributed by atoms with Crippen LogP contribution in [-0.4, -0.2) is 31.9 Å². The molecule has 2 rings (SSSR count). The van der Waals surface area contributed by atoms with Crippen molar-refractivity contribution in [3.8, 4) is 0 Å². The Bertz CT molecular complexity index is 560. The molecule has 0 saturated heterocycles. The van der Waals surface area contributed by atoms with Gasteiger partial charge in [-0.3, -0.25) is 0 Å². The van der Waals surface area contributed by atoms with Gasteiger partial charge in [0.15, 0.2) is 9.84 Å². The van der Waals surface area contributed by atoms with Crippen molar-refractivity contribution in [2.75, 3.05) is 18.2 Å². The van der Waals surface area contributed by atoms with Gasteiger partial charge in [-0.25, -0.2) is 8.42 Å². The molecule has 19 heavy (non-hydrogen) atoms. The molecule has 5 heteroatoms. The van der Waals surface area contributed by atoms with Gasteiger partial charge in [0.1, 0.15) is 0 Å². The van der Waals surface area contributed by atoms with Crippen molar-refractivity contribution in [1.82, 2.24) is 0 Å². The molecule has 0 bridgehead atoms. The molecule has 2 N–H and O–H groups in total. The van der Waals surface area contributed by atoms with Gasteiger partial charge >= 0.3 is 0 Å². The highest BCUT2D eigenvalue weighted by molar-refractivity contribution is 7.90. The molecular weight excluding hydrogens is 262 g/mol. The van der Waals surface area contributed by atoms with E-state index in [0.717, 1.165) is 36.9 Å². The molecule has 0 aromatic heterocycles. The van der Waals surface area contributed by atoms with Crippen molar-refractivity contribution in [3.05, 3.63) is 23.8 Å². The number of anilines is 1. The van der Waals surface area contributed by atoms with Crippen molar-refractivity contribution < 1.29 is 13.5 Å². The molecule has 0 heterocycles. The van der Waals surface area contributed by atoms with Crippen molar-refractivity contribution in [3.63, 3.8) is 0 Å².